The molecular weight excluding hydrogens is 195 g/mol. The molecule has 0 unspecified atom stereocenters. The van der Waals surface area contributed by atoms with E-state index in [0.717, 1.165) is 0 Å². The van der Waals surface area contributed by atoms with E-state index >= 15 is 0 Å². The molecule has 5 heteroatoms. The first-order valence-corrected chi connectivity index (χ1v) is 5.66. The first-order chi connectivity index (χ1) is 4.31. The van der Waals surface area contributed by atoms with Gasteiger partial charge in [0.1, 0.15) is 0 Å². The van der Waals surface area contributed by atoms with Gasteiger partial charge in [0.2, 0.25) is 9.05 Å². The maximum atomic E-state index is 10.7. The van der Waals surface area contributed by atoms with Gasteiger partial charge in [-0.2, -0.15) is 0 Å². The first-order valence-electron chi connectivity index (χ1n) is 2.81. The van der Waals surface area contributed by atoms with Crippen LogP contribution >= 0.6 is 22.3 Å². The average Bonchev–Trinajstić information content (AvgIpc) is 1.61. The number of halogens is 2. The van der Waals surface area contributed by atoms with Crippen LogP contribution in [0.3, 0.4) is 0 Å². The fourth-order valence-corrected chi connectivity index (χ4v) is 1.51. The van der Waals surface area contributed by atoms with Crippen molar-refractivity contribution in [1.82, 2.24) is 0 Å². The van der Waals surface area contributed by atoms with Crippen LogP contribution in [0, 0.1) is 0 Å². The van der Waals surface area contributed by atoms with Crippen molar-refractivity contribution >= 4 is 31.3 Å². The summed E-state index contributed by atoms with van der Waals surface area (Å²) in [6, 6.07) is 0. The largest absolute Gasteiger partial charge is 0.237 e. The highest BCUT2D eigenvalue weighted by atomic mass is 35.7. The van der Waals surface area contributed by atoms with Gasteiger partial charge in [-0.05, 0) is 20.3 Å². The zero-order chi connectivity index (χ0) is 8.41. The lowest BCUT2D eigenvalue weighted by Crippen LogP contribution is -2.28. The van der Waals surface area contributed by atoms with Crippen LogP contribution in [0.2, 0.25) is 0 Å². The summed E-state index contributed by atoms with van der Waals surface area (Å²) in [7, 11) is 1.64. The molecule has 0 radical (unpaired) electrons. The standard InChI is InChI=1S/C5H10Cl2O2S/c1-5(2,3-4-6)10(7,8)9/h3-4H2,1-2H3. The Bertz CT molecular complexity index is 196. The van der Waals surface area contributed by atoms with Crippen molar-refractivity contribution in [3.05, 3.63) is 0 Å². The van der Waals surface area contributed by atoms with Gasteiger partial charge in [-0.3, -0.25) is 0 Å². The average molecular weight is 205 g/mol. The highest BCUT2D eigenvalue weighted by Crippen LogP contribution is 2.24. The maximum Gasteiger partial charge on any atom is 0.237 e. The van der Waals surface area contributed by atoms with Crippen LogP contribution in [-0.4, -0.2) is 19.0 Å². The van der Waals surface area contributed by atoms with Gasteiger partial charge in [-0.15, -0.1) is 11.6 Å². The number of alkyl halides is 1. The quantitative estimate of drug-likeness (QED) is 0.521. The lowest BCUT2D eigenvalue weighted by atomic mass is 10.1. The minimum atomic E-state index is -3.48. The highest BCUT2D eigenvalue weighted by molar-refractivity contribution is 8.14. The summed E-state index contributed by atoms with van der Waals surface area (Å²) in [5, 5.41) is 0. The Morgan fingerprint density at radius 1 is 1.40 bits per heavy atom. The molecule has 0 aliphatic rings. The summed E-state index contributed by atoms with van der Waals surface area (Å²) in [6.45, 7) is 3.11. The normalized spacial score (nSPS) is 13.6. The summed E-state index contributed by atoms with van der Waals surface area (Å²) < 4.78 is 20.6. The van der Waals surface area contributed by atoms with Crippen LogP contribution in [0.15, 0.2) is 0 Å². The Hall–Kier alpha value is 0.530. The fourth-order valence-electron chi connectivity index (χ4n) is 0.349. The summed E-state index contributed by atoms with van der Waals surface area (Å²) in [4.78, 5) is 0. The van der Waals surface area contributed by atoms with Crippen LogP contribution in [0.25, 0.3) is 0 Å². The molecule has 0 fully saturated rings. The maximum absolute atomic E-state index is 10.7. The van der Waals surface area contributed by atoms with E-state index in [1.54, 1.807) is 13.8 Å². The zero-order valence-corrected chi connectivity index (χ0v) is 8.22. The summed E-state index contributed by atoms with van der Waals surface area (Å²) in [6.07, 6.45) is 0.375. The molecule has 0 atom stereocenters. The molecule has 0 rings (SSSR count). The van der Waals surface area contributed by atoms with Crippen molar-refractivity contribution in [2.75, 3.05) is 5.88 Å². The molecule has 0 spiro atoms. The van der Waals surface area contributed by atoms with Crippen LogP contribution in [0.1, 0.15) is 20.3 Å². The Balaban J connectivity index is 4.42. The molecule has 0 aliphatic carbocycles. The SMILES string of the molecule is CC(C)(CCCl)S(=O)(=O)Cl. The summed E-state index contributed by atoms with van der Waals surface area (Å²) in [5.74, 6) is 0.305. The monoisotopic (exact) mass is 204 g/mol. The van der Waals surface area contributed by atoms with Gasteiger partial charge in [0.25, 0.3) is 0 Å². The third kappa shape index (κ3) is 2.64. The van der Waals surface area contributed by atoms with Gasteiger partial charge in [0.15, 0.2) is 0 Å². The molecule has 10 heavy (non-hydrogen) atoms. The Morgan fingerprint density at radius 3 is 1.90 bits per heavy atom. The van der Waals surface area contributed by atoms with Crippen molar-refractivity contribution in [2.24, 2.45) is 0 Å². The topological polar surface area (TPSA) is 34.1 Å². The summed E-state index contributed by atoms with van der Waals surface area (Å²) >= 11 is 5.37. The third-order valence-electron chi connectivity index (χ3n) is 1.36. The van der Waals surface area contributed by atoms with Crippen LogP contribution in [-0.2, 0) is 9.05 Å². The van der Waals surface area contributed by atoms with E-state index in [9.17, 15) is 8.42 Å². The van der Waals surface area contributed by atoms with Gasteiger partial charge in [-0.1, -0.05) is 0 Å². The molecule has 0 heterocycles. The van der Waals surface area contributed by atoms with E-state index in [4.69, 9.17) is 22.3 Å². The van der Waals surface area contributed by atoms with E-state index in [2.05, 4.69) is 0 Å². The highest BCUT2D eigenvalue weighted by Gasteiger charge is 2.31. The molecule has 0 aromatic carbocycles. The number of hydrogen-bond acceptors (Lipinski definition) is 2. The first kappa shape index (κ1) is 10.5. The van der Waals surface area contributed by atoms with Crippen LogP contribution in [0.4, 0.5) is 0 Å². The number of rotatable bonds is 3. The van der Waals surface area contributed by atoms with Crippen molar-refractivity contribution in [3.8, 4) is 0 Å². The molecule has 0 N–H and O–H groups in total. The molecule has 0 amide bonds. The molecular formula is C5H10Cl2O2S. The molecule has 0 aromatic rings. The smallest absolute Gasteiger partial charge is 0.212 e. The van der Waals surface area contributed by atoms with Gasteiger partial charge >= 0.3 is 0 Å². The van der Waals surface area contributed by atoms with Crippen molar-refractivity contribution in [3.63, 3.8) is 0 Å². The van der Waals surface area contributed by atoms with Gasteiger partial charge in [0, 0.05) is 16.6 Å². The Kier molecular flexibility index (Phi) is 3.46. The predicted octanol–water partition coefficient (Wildman–Crippen LogP) is 1.96. The zero-order valence-electron chi connectivity index (χ0n) is 5.89. The Labute approximate surface area is 70.9 Å². The van der Waals surface area contributed by atoms with Crippen molar-refractivity contribution in [1.29, 1.82) is 0 Å². The molecule has 0 saturated heterocycles. The van der Waals surface area contributed by atoms with E-state index in [0.29, 0.717) is 12.3 Å². The van der Waals surface area contributed by atoms with E-state index in [-0.39, 0.29) is 0 Å². The molecule has 0 aliphatic heterocycles. The predicted molar refractivity (Wildman–Crippen MR) is 44.2 cm³/mol. The minimum Gasteiger partial charge on any atom is -0.212 e. The van der Waals surface area contributed by atoms with Crippen LogP contribution in [0.5, 0.6) is 0 Å². The molecule has 0 bridgehead atoms. The molecule has 2 nitrogen and oxygen atoms in total. The number of hydrogen-bond donors (Lipinski definition) is 0. The van der Waals surface area contributed by atoms with Crippen molar-refractivity contribution < 1.29 is 8.42 Å². The molecule has 62 valence electrons. The lowest BCUT2D eigenvalue weighted by molar-refractivity contribution is 0.554. The van der Waals surface area contributed by atoms with E-state index in [1.165, 1.54) is 0 Å². The Morgan fingerprint density at radius 2 is 1.80 bits per heavy atom. The fraction of sp³-hybridized carbons (Fsp3) is 1.00. The van der Waals surface area contributed by atoms with E-state index < -0.39 is 13.8 Å². The van der Waals surface area contributed by atoms with Gasteiger partial charge < -0.3 is 0 Å². The minimum absolute atomic E-state index is 0.305. The molecule has 0 aromatic heterocycles. The van der Waals surface area contributed by atoms with Gasteiger partial charge in [-0.25, -0.2) is 8.42 Å². The third-order valence-corrected chi connectivity index (χ3v) is 4.32. The second-order valence-corrected chi connectivity index (χ2v) is 6.21. The summed E-state index contributed by atoms with van der Waals surface area (Å²) in [5.41, 5.74) is 0. The second kappa shape index (κ2) is 3.28. The van der Waals surface area contributed by atoms with Gasteiger partial charge in [0.05, 0.1) is 4.75 Å². The second-order valence-electron chi connectivity index (χ2n) is 2.64. The lowest BCUT2D eigenvalue weighted by Gasteiger charge is -2.18. The van der Waals surface area contributed by atoms with Crippen molar-refractivity contribution in [2.45, 2.75) is 25.0 Å². The van der Waals surface area contributed by atoms with Crippen LogP contribution < -0.4 is 0 Å². The van der Waals surface area contributed by atoms with E-state index in [1.807, 2.05) is 0 Å². The molecule has 0 saturated carbocycles.